The molecule has 1 atom stereocenters. The van der Waals surface area contributed by atoms with Crippen LogP contribution in [-0.2, 0) is 4.79 Å². The summed E-state index contributed by atoms with van der Waals surface area (Å²) in [6.45, 7) is 2.02. The fourth-order valence-corrected chi connectivity index (χ4v) is 1.93. The number of rotatable bonds is 2. The van der Waals surface area contributed by atoms with Crippen molar-refractivity contribution in [3.05, 3.63) is 11.6 Å². The first-order valence-electron chi connectivity index (χ1n) is 5.55. The number of allylic oxidation sites excluding steroid dienone is 1. The third-order valence-corrected chi connectivity index (χ3v) is 2.97. The van der Waals surface area contributed by atoms with Crippen LogP contribution in [0.1, 0.15) is 32.1 Å². The first-order chi connectivity index (χ1) is 6.84. The Kier molecular flexibility index (Phi) is 5.12. The van der Waals surface area contributed by atoms with Gasteiger partial charge in [-0.2, -0.15) is 0 Å². The molecule has 2 fully saturated rings. The average Bonchev–Trinajstić information content (AvgIpc) is 2.13. The van der Waals surface area contributed by atoms with Gasteiger partial charge in [0.2, 0.25) is 5.91 Å². The van der Waals surface area contributed by atoms with Gasteiger partial charge in [0.25, 0.3) is 0 Å². The van der Waals surface area contributed by atoms with Crippen molar-refractivity contribution in [2.24, 2.45) is 0 Å². The minimum atomic E-state index is 0. The number of hydrogen-bond acceptors (Lipinski definition) is 2. The first kappa shape index (κ1) is 12.5. The smallest absolute Gasteiger partial charge is 0.244 e. The highest BCUT2D eigenvalue weighted by molar-refractivity contribution is 5.88. The topological polar surface area (TPSA) is 41.1 Å². The summed E-state index contributed by atoms with van der Waals surface area (Å²) in [5.74, 6) is 0.105. The Hall–Kier alpha value is -0.540. The van der Waals surface area contributed by atoms with Crippen LogP contribution in [0.4, 0.5) is 0 Å². The fraction of sp³-hybridized carbons (Fsp3) is 0.727. The van der Waals surface area contributed by atoms with Gasteiger partial charge in [-0.1, -0.05) is 5.57 Å². The normalized spacial score (nSPS) is 24.8. The van der Waals surface area contributed by atoms with Crippen molar-refractivity contribution in [3.63, 3.8) is 0 Å². The Morgan fingerprint density at radius 1 is 1.40 bits per heavy atom. The summed E-state index contributed by atoms with van der Waals surface area (Å²) < 4.78 is 0. The zero-order valence-electron chi connectivity index (χ0n) is 8.92. The van der Waals surface area contributed by atoms with E-state index in [0.29, 0.717) is 6.04 Å². The molecule has 2 N–H and O–H groups in total. The number of amides is 1. The van der Waals surface area contributed by atoms with Gasteiger partial charge in [-0.3, -0.25) is 4.79 Å². The van der Waals surface area contributed by atoms with Gasteiger partial charge in [0, 0.05) is 18.7 Å². The largest absolute Gasteiger partial charge is 0.349 e. The summed E-state index contributed by atoms with van der Waals surface area (Å²) in [6, 6.07) is 0.341. The molecule has 1 saturated carbocycles. The highest BCUT2D eigenvalue weighted by Crippen LogP contribution is 2.24. The molecular formula is C11H19ClN2O. The molecule has 1 saturated heterocycles. The monoisotopic (exact) mass is 230 g/mol. The van der Waals surface area contributed by atoms with Crippen LogP contribution in [0.25, 0.3) is 0 Å². The van der Waals surface area contributed by atoms with E-state index in [1.165, 1.54) is 18.4 Å². The third-order valence-electron chi connectivity index (χ3n) is 2.97. The fourth-order valence-electron chi connectivity index (χ4n) is 1.93. The van der Waals surface area contributed by atoms with Crippen LogP contribution in [0.2, 0.25) is 0 Å². The number of carbonyl (C=O) groups excluding carboxylic acids is 1. The van der Waals surface area contributed by atoms with E-state index in [4.69, 9.17) is 0 Å². The molecule has 2 rings (SSSR count). The van der Waals surface area contributed by atoms with Gasteiger partial charge in [0.05, 0.1) is 0 Å². The van der Waals surface area contributed by atoms with Crippen LogP contribution in [0.15, 0.2) is 11.6 Å². The molecule has 1 aliphatic carbocycles. The van der Waals surface area contributed by atoms with Crippen molar-refractivity contribution >= 4 is 18.3 Å². The summed E-state index contributed by atoms with van der Waals surface area (Å²) in [4.78, 5) is 11.5. The average molecular weight is 231 g/mol. The lowest BCUT2D eigenvalue weighted by Crippen LogP contribution is -2.45. The second-order valence-corrected chi connectivity index (χ2v) is 4.21. The summed E-state index contributed by atoms with van der Waals surface area (Å²) in [5.41, 5.74) is 1.31. The SMILES string of the molecule is Cl.O=C(C=C1CCC1)N[C@@H]1CCCNC1. The summed E-state index contributed by atoms with van der Waals surface area (Å²) in [5, 5.41) is 6.33. The van der Waals surface area contributed by atoms with Crippen LogP contribution in [0.3, 0.4) is 0 Å². The molecule has 1 amide bonds. The van der Waals surface area contributed by atoms with E-state index in [1.807, 2.05) is 0 Å². The standard InChI is InChI=1S/C11H18N2O.ClH/c14-11(7-9-3-1-4-9)13-10-5-2-6-12-8-10;/h7,10,12H,1-6,8H2,(H,13,14);1H/t10-;/m1./s1. The van der Waals surface area contributed by atoms with Crippen molar-refractivity contribution in [3.8, 4) is 0 Å². The molecule has 0 aromatic heterocycles. The van der Waals surface area contributed by atoms with Gasteiger partial charge >= 0.3 is 0 Å². The van der Waals surface area contributed by atoms with E-state index in [1.54, 1.807) is 6.08 Å². The molecule has 0 bridgehead atoms. The van der Waals surface area contributed by atoms with Crippen molar-refractivity contribution in [1.82, 2.24) is 10.6 Å². The molecule has 86 valence electrons. The zero-order chi connectivity index (χ0) is 9.80. The van der Waals surface area contributed by atoms with Gasteiger partial charge in [-0.25, -0.2) is 0 Å². The molecule has 0 radical (unpaired) electrons. The first-order valence-corrected chi connectivity index (χ1v) is 5.55. The highest BCUT2D eigenvalue weighted by atomic mass is 35.5. The number of piperidine rings is 1. The lowest BCUT2D eigenvalue weighted by atomic mass is 9.92. The van der Waals surface area contributed by atoms with Crippen LogP contribution < -0.4 is 10.6 Å². The molecule has 2 aliphatic rings. The maximum Gasteiger partial charge on any atom is 0.244 e. The van der Waals surface area contributed by atoms with E-state index in [9.17, 15) is 4.79 Å². The van der Waals surface area contributed by atoms with E-state index < -0.39 is 0 Å². The molecular weight excluding hydrogens is 212 g/mol. The third kappa shape index (κ3) is 3.84. The zero-order valence-corrected chi connectivity index (χ0v) is 9.74. The quantitative estimate of drug-likeness (QED) is 0.704. The van der Waals surface area contributed by atoms with Crippen molar-refractivity contribution in [2.75, 3.05) is 13.1 Å². The molecule has 15 heavy (non-hydrogen) atoms. The van der Waals surface area contributed by atoms with Gasteiger partial charge < -0.3 is 10.6 Å². The summed E-state index contributed by atoms with van der Waals surface area (Å²) >= 11 is 0. The molecule has 1 aliphatic heterocycles. The van der Waals surface area contributed by atoms with Crippen LogP contribution in [0, 0.1) is 0 Å². The molecule has 0 aromatic rings. The van der Waals surface area contributed by atoms with Gasteiger partial charge in [0.15, 0.2) is 0 Å². The predicted molar refractivity (Wildman–Crippen MR) is 63.2 cm³/mol. The Bertz CT molecular complexity index is 241. The minimum absolute atomic E-state index is 0. The van der Waals surface area contributed by atoms with E-state index in [2.05, 4.69) is 10.6 Å². The van der Waals surface area contributed by atoms with Gasteiger partial charge in [-0.15, -0.1) is 12.4 Å². The van der Waals surface area contributed by atoms with E-state index in [0.717, 1.165) is 32.4 Å². The molecule has 1 heterocycles. The Balaban J connectivity index is 0.00000112. The summed E-state index contributed by atoms with van der Waals surface area (Å²) in [6.07, 6.45) is 7.57. The molecule has 0 unspecified atom stereocenters. The molecule has 3 nitrogen and oxygen atoms in total. The molecule has 0 spiro atoms. The second-order valence-electron chi connectivity index (χ2n) is 4.21. The van der Waals surface area contributed by atoms with Crippen molar-refractivity contribution in [1.29, 1.82) is 0 Å². The maximum atomic E-state index is 11.5. The molecule has 4 heteroatoms. The van der Waals surface area contributed by atoms with E-state index >= 15 is 0 Å². The van der Waals surface area contributed by atoms with Crippen LogP contribution >= 0.6 is 12.4 Å². The van der Waals surface area contributed by atoms with Gasteiger partial charge in [-0.05, 0) is 38.6 Å². The van der Waals surface area contributed by atoms with Crippen molar-refractivity contribution < 1.29 is 4.79 Å². The van der Waals surface area contributed by atoms with E-state index in [-0.39, 0.29) is 18.3 Å². The number of carbonyl (C=O) groups is 1. The predicted octanol–water partition coefficient (Wildman–Crippen LogP) is 1.39. The number of hydrogen-bond donors (Lipinski definition) is 2. The Labute approximate surface area is 97.1 Å². The minimum Gasteiger partial charge on any atom is -0.349 e. The van der Waals surface area contributed by atoms with Crippen LogP contribution in [-0.4, -0.2) is 25.0 Å². The van der Waals surface area contributed by atoms with Crippen molar-refractivity contribution in [2.45, 2.75) is 38.1 Å². The number of nitrogens with one attached hydrogen (secondary N) is 2. The second kappa shape index (κ2) is 6.13. The van der Waals surface area contributed by atoms with Gasteiger partial charge in [0.1, 0.15) is 0 Å². The maximum absolute atomic E-state index is 11.5. The summed E-state index contributed by atoms with van der Waals surface area (Å²) in [7, 11) is 0. The highest BCUT2D eigenvalue weighted by Gasteiger charge is 2.15. The Morgan fingerprint density at radius 3 is 2.73 bits per heavy atom. The van der Waals surface area contributed by atoms with Crippen LogP contribution in [0.5, 0.6) is 0 Å². The number of halogens is 1. The molecule has 0 aromatic carbocycles. The lowest BCUT2D eigenvalue weighted by Gasteiger charge is -2.24. The lowest BCUT2D eigenvalue weighted by molar-refractivity contribution is -0.117. The Morgan fingerprint density at radius 2 is 2.20 bits per heavy atom.